The van der Waals surface area contributed by atoms with E-state index in [1.807, 2.05) is 0 Å². The number of amides is 3. The summed E-state index contributed by atoms with van der Waals surface area (Å²) in [4.78, 5) is 38.5. The minimum absolute atomic E-state index is 0.116. The second kappa shape index (κ2) is 8.82. The lowest BCUT2D eigenvalue weighted by Gasteiger charge is -2.15. The van der Waals surface area contributed by atoms with Crippen LogP contribution in [-0.4, -0.2) is 17.7 Å². The van der Waals surface area contributed by atoms with Crippen LogP contribution >= 0.6 is 23.2 Å². The van der Waals surface area contributed by atoms with Crippen LogP contribution in [0.1, 0.15) is 10.4 Å². The van der Waals surface area contributed by atoms with Gasteiger partial charge in [-0.3, -0.25) is 14.4 Å². The van der Waals surface area contributed by atoms with E-state index in [4.69, 9.17) is 23.2 Å². The van der Waals surface area contributed by atoms with Crippen LogP contribution < -0.4 is 15.5 Å². The fraction of sp³-hybridized carbons (Fsp3) is 0. The first-order valence-electron chi connectivity index (χ1n) is 9.32. The van der Waals surface area contributed by atoms with Crippen molar-refractivity contribution < 1.29 is 18.8 Å². The summed E-state index contributed by atoms with van der Waals surface area (Å²) in [5.41, 5.74) is 1.36. The van der Waals surface area contributed by atoms with Crippen molar-refractivity contribution in [1.29, 1.82) is 0 Å². The largest absolute Gasteiger partial charge is 0.350 e. The highest BCUT2D eigenvalue weighted by Gasteiger charge is 2.38. The smallest absolute Gasteiger partial charge is 0.283 e. The molecule has 0 saturated heterocycles. The third-order valence-corrected chi connectivity index (χ3v) is 5.33. The SMILES string of the molecule is O=C(Nc1ccccc1Cl)c1ccc(NC2=C(Cl)C(=O)N(c3ccc(F)cc3)C2=O)cc1. The zero-order valence-electron chi connectivity index (χ0n) is 16.2. The molecular weight excluding hydrogens is 456 g/mol. The standard InChI is InChI=1S/C23H14Cl2FN3O3/c24-17-3-1-2-4-18(17)28-21(30)13-5-9-15(10-6-13)27-20-19(25)22(31)29(23(20)32)16-11-7-14(26)8-12-16/h1-12,27H,(H,28,30). The van der Waals surface area contributed by atoms with Gasteiger partial charge in [0.05, 0.1) is 16.4 Å². The molecule has 0 radical (unpaired) electrons. The Hall–Kier alpha value is -3.68. The van der Waals surface area contributed by atoms with Crippen molar-refractivity contribution in [2.75, 3.05) is 15.5 Å². The molecule has 9 heteroatoms. The van der Waals surface area contributed by atoms with Gasteiger partial charge in [0, 0.05) is 11.3 Å². The fourth-order valence-electron chi connectivity index (χ4n) is 3.04. The minimum atomic E-state index is -0.721. The number of carbonyl (C=O) groups excluding carboxylic acids is 3. The van der Waals surface area contributed by atoms with Gasteiger partial charge in [-0.2, -0.15) is 0 Å². The van der Waals surface area contributed by atoms with E-state index in [9.17, 15) is 18.8 Å². The van der Waals surface area contributed by atoms with Crippen LogP contribution in [0.2, 0.25) is 5.02 Å². The maximum absolute atomic E-state index is 13.2. The molecule has 2 N–H and O–H groups in total. The van der Waals surface area contributed by atoms with Gasteiger partial charge >= 0.3 is 0 Å². The highest BCUT2D eigenvalue weighted by Crippen LogP contribution is 2.30. The maximum atomic E-state index is 13.2. The van der Waals surface area contributed by atoms with E-state index in [0.717, 1.165) is 17.0 Å². The molecule has 0 atom stereocenters. The van der Waals surface area contributed by atoms with Crippen molar-refractivity contribution in [3.8, 4) is 0 Å². The average molecular weight is 470 g/mol. The van der Waals surface area contributed by atoms with Gasteiger partial charge in [0.25, 0.3) is 17.7 Å². The first kappa shape index (κ1) is 21.5. The Labute approximate surface area is 192 Å². The lowest BCUT2D eigenvalue weighted by molar-refractivity contribution is -0.120. The normalized spacial score (nSPS) is 13.5. The van der Waals surface area contributed by atoms with Crippen LogP contribution in [0.25, 0.3) is 0 Å². The molecule has 3 aromatic carbocycles. The molecule has 3 aromatic rings. The molecule has 160 valence electrons. The molecule has 0 aliphatic carbocycles. The van der Waals surface area contributed by atoms with Crippen molar-refractivity contribution in [2.45, 2.75) is 0 Å². The molecule has 1 aliphatic rings. The first-order chi connectivity index (χ1) is 15.3. The quantitative estimate of drug-likeness (QED) is 0.505. The van der Waals surface area contributed by atoms with E-state index in [-0.39, 0.29) is 22.3 Å². The van der Waals surface area contributed by atoms with E-state index in [0.29, 0.717) is 22.0 Å². The lowest BCUT2D eigenvalue weighted by atomic mass is 10.2. The lowest BCUT2D eigenvalue weighted by Crippen LogP contribution is -2.32. The van der Waals surface area contributed by atoms with E-state index >= 15 is 0 Å². The Morgan fingerprint density at radius 3 is 2.16 bits per heavy atom. The van der Waals surface area contributed by atoms with E-state index in [2.05, 4.69) is 10.6 Å². The summed E-state index contributed by atoms with van der Waals surface area (Å²) in [7, 11) is 0. The molecule has 0 saturated carbocycles. The number of carbonyl (C=O) groups is 3. The van der Waals surface area contributed by atoms with Crippen LogP contribution in [0.5, 0.6) is 0 Å². The number of imide groups is 1. The second-order valence-corrected chi connectivity index (χ2v) is 7.53. The highest BCUT2D eigenvalue weighted by atomic mass is 35.5. The van der Waals surface area contributed by atoms with E-state index in [1.165, 1.54) is 12.1 Å². The van der Waals surface area contributed by atoms with Crippen LogP contribution in [-0.2, 0) is 9.59 Å². The predicted octanol–water partition coefficient (Wildman–Crippen LogP) is 5.17. The van der Waals surface area contributed by atoms with Gasteiger partial charge in [0.2, 0.25) is 0 Å². The molecule has 0 aromatic heterocycles. The Morgan fingerprint density at radius 2 is 1.50 bits per heavy atom. The molecule has 32 heavy (non-hydrogen) atoms. The first-order valence-corrected chi connectivity index (χ1v) is 10.1. The number of anilines is 3. The van der Waals surface area contributed by atoms with Gasteiger partial charge in [-0.25, -0.2) is 9.29 Å². The number of para-hydroxylation sites is 1. The molecule has 3 amide bonds. The number of hydrogen-bond donors (Lipinski definition) is 2. The molecule has 0 fully saturated rings. The second-order valence-electron chi connectivity index (χ2n) is 6.75. The number of benzene rings is 3. The maximum Gasteiger partial charge on any atom is 0.283 e. The minimum Gasteiger partial charge on any atom is -0.350 e. The van der Waals surface area contributed by atoms with Gasteiger partial charge in [0.15, 0.2) is 0 Å². The van der Waals surface area contributed by atoms with E-state index in [1.54, 1.807) is 48.5 Å². The van der Waals surface area contributed by atoms with Crippen molar-refractivity contribution in [3.63, 3.8) is 0 Å². The molecule has 0 unspecified atom stereocenters. The summed E-state index contributed by atoms with van der Waals surface area (Å²) in [5.74, 6) is -2.26. The Kier molecular flexibility index (Phi) is 5.94. The molecule has 1 heterocycles. The summed E-state index contributed by atoms with van der Waals surface area (Å²) < 4.78 is 13.2. The number of hydrogen-bond acceptors (Lipinski definition) is 4. The summed E-state index contributed by atoms with van der Waals surface area (Å²) in [6.45, 7) is 0. The molecule has 0 bridgehead atoms. The van der Waals surface area contributed by atoms with Crippen molar-refractivity contribution in [3.05, 3.63) is 99.9 Å². The molecule has 6 nitrogen and oxygen atoms in total. The summed E-state index contributed by atoms with van der Waals surface area (Å²) in [6, 6.07) is 18.0. The number of nitrogens with one attached hydrogen (secondary N) is 2. The van der Waals surface area contributed by atoms with Crippen LogP contribution in [0, 0.1) is 5.82 Å². The van der Waals surface area contributed by atoms with Crippen molar-refractivity contribution >= 4 is 58.0 Å². The van der Waals surface area contributed by atoms with Crippen LogP contribution in [0.4, 0.5) is 21.5 Å². The van der Waals surface area contributed by atoms with Crippen LogP contribution in [0.15, 0.2) is 83.5 Å². The fourth-order valence-corrected chi connectivity index (χ4v) is 3.44. The van der Waals surface area contributed by atoms with E-state index < -0.39 is 17.6 Å². The van der Waals surface area contributed by atoms with Gasteiger partial charge in [-0.05, 0) is 60.7 Å². The Bertz CT molecular complexity index is 1260. The van der Waals surface area contributed by atoms with Gasteiger partial charge in [-0.1, -0.05) is 35.3 Å². The number of nitrogens with zero attached hydrogens (tertiary/aromatic N) is 1. The van der Waals surface area contributed by atoms with Crippen molar-refractivity contribution in [1.82, 2.24) is 0 Å². The number of halogens is 3. The van der Waals surface area contributed by atoms with Gasteiger partial charge in [-0.15, -0.1) is 0 Å². The predicted molar refractivity (Wildman–Crippen MR) is 121 cm³/mol. The molecular formula is C23H14Cl2FN3O3. The van der Waals surface area contributed by atoms with Crippen LogP contribution in [0.3, 0.4) is 0 Å². The Balaban J connectivity index is 1.49. The third-order valence-electron chi connectivity index (χ3n) is 4.65. The number of rotatable bonds is 5. The summed E-state index contributed by atoms with van der Waals surface area (Å²) in [5, 5.41) is 5.65. The summed E-state index contributed by atoms with van der Waals surface area (Å²) >= 11 is 12.1. The topological polar surface area (TPSA) is 78.5 Å². The zero-order chi connectivity index (χ0) is 22.8. The molecule has 0 spiro atoms. The Morgan fingerprint density at radius 1 is 0.844 bits per heavy atom. The third kappa shape index (κ3) is 4.21. The monoisotopic (exact) mass is 469 g/mol. The average Bonchev–Trinajstić information content (AvgIpc) is 3.00. The van der Waals surface area contributed by atoms with Gasteiger partial charge < -0.3 is 10.6 Å². The van der Waals surface area contributed by atoms with Crippen molar-refractivity contribution in [2.24, 2.45) is 0 Å². The summed E-state index contributed by atoms with van der Waals surface area (Å²) in [6.07, 6.45) is 0. The molecule has 4 rings (SSSR count). The molecule has 1 aliphatic heterocycles. The zero-order valence-corrected chi connectivity index (χ0v) is 17.7. The van der Waals surface area contributed by atoms with Gasteiger partial charge in [0.1, 0.15) is 16.5 Å². The highest BCUT2D eigenvalue weighted by molar-refractivity contribution is 6.53.